The van der Waals surface area contributed by atoms with Gasteiger partial charge in [0.1, 0.15) is 0 Å². The number of benzene rings is 3. The molecule has 0 spiro atoms. The highest BCUT2D eigenvalue weighted by Gasteiger charge is 2.18. The molecule has 3 aromatic carbocycles. The third-order valence-electron chi connectivity index (χ3n) is 4.61. The van der Waals surface area contributed by atoms with Crippen molar-refractivity contribution in [3.05, 3.63) is 83.9 Å². The first kappa shape index (κ1) is 18.2. The van der Waals surface area contributed by atoms with Crippen LogP contribution in [0.4, 0.5) is 0 Å². The lowest BCUT2D eigenvalue weighted by Gasteiger charge is -2.21. The molecule has 0 aliphatic rings. The van der Waals surface area contributed by atoms with Gasteiger partial charge >= 0.3 is 5.97 Å². The van der Waals surface area contributed by atoms with E-state index in [0.29, 0.717) is 12.2 Å². The average molecular weight is 347 g/mol. The standard InChI is InChI=1S/C23H25NO2/c1-24(2)16-15-20(17-26-23(25)19-10-4-3-5-11-19)22-14-8-12-18-9-6-7-13-21(18)22/h3-14,20H,15-17H2,1-2H3. The summed E-state index contributed by atoms with van der Waals surface area (Å²) in [5.41, 5.74) is 1.84. The number of hydrogen-bond acceptors (Lipinski definition) is 3. The van der Waals surface area contributed by atoms with Crippen LogP contribution in [0.25, 0.3) is 10.8 Å². The van der Waals surface area contributed by atoms with Crippen molar-refractivity contribution in [3.63, 3.8) is 0 Å². The minimum Gasteiger partial charge on any atom is -0.461 e. The fraction of sp³-hybridized carbons (Fsp3) is 0.261. The Balaban J connectivity index is 1.81. The van der Waals surface area contributed by atoms with E-state index in [-0.39, 0.29) is 11.9 Å². The van der Waals surface area contributed by atoms with E-state index >= 15 is 0 Å². The van der Waals surface area contributed by atoms with E-state index in [1.807, 2.05) is 18.2 Å². The number of esters is 1. The van der Waals surface area contributed by atoms with E-state index in [4.69, 9.17) is 4.74 Å². The van der Waals surface area contributed by atoms with E-state index in [1.165, 1.54) is 16.3 Å². The fourth-order valence-corrected chi connectivity index (χ4v) is 3.18. The van der Waals surface area contributed by atoms with Gasteiger partial charge in [-0.15, -0.1) is 0 Å². The van der Waals surface area contributed by atoms with Crippen LogP contribution in [0.5, 0.6) is 0 Å². The van der Waals surface area contributed by atoms with Gasteiger partial charge in [-0.1, -0.05) is 60.7 Å². The molecule has 0 saturated heterocycles. The number of fused-ring (bicyclic) bond motifs is 1. The molecule has 0 aromatic heterocycles. The summed E-state index contributed by atoms with van der Waals surface area (Å²) in [7, 11) is 4.13. The second-order valence-electron chi connectivity index (χ2n) is 6.82. The second-order valence-corrected chi connectivity index (χ2v) is 6.82. The zero-order chi connectivity index (χ0) is 18.4. The van der Waals surface area contributed by atoms with Crippen LogP contribution < -0.4 is 0 Å². The van der Waals surface area contributed by atoms with Crippen LogP contribution in [0.1, 0.15) is 28.3 Å². The number of carbonyl (C=O) groups excluding carboxylic acids is 1. The summed E-state index contributed by atoms with van der Waals surface area (Å²) in [5, 5.41) is 2.45. The van der Waals surface area contributed by atoms with E-state index in [0.717, 1.165) is 13.0 Å². The van der Waals surface area contributed by atoms with Crippen molar-refractivity contribution >= 4 is 16.7 Å². The van der Waals surface area contributed by atoms with Crippen LogP contribution in [0.15, 0.2) is 72.8 Å². The highest BCUT2D eigenvalue weighted by molar-refractivity contribution is 5.89. The summed E-state index contributed by atoms with van der Waals surface area (Å²) in [5.74, 6) is -0.100. The minimum atomic E-state index is -0.263. The predicted molar refractivity (Wildman–Crippen MR) is 107 cm³/mol. The highest BCUT2D eigenvalue weighted by Crippen LogP contribution is 2.28. The molecule has 0 aliphatic carbocycles. The Labute approximate surface area is 155 Å². The lowest BCUT2D eigenvalue weighted by atomic mass is 9.91. The van der Waals surface area contributed by atoms with Gasteiger partial charge in [0.25, 0.3) is 0 Å². The molecule has 0 aliphatic heterocycles. The molecule has 0 saturated carbocycles. The first-order chi connectivity index (χ1) is 12.6. The van der Waals surface area contributed by atoms with Gasteiger partial charge in [0.15, 0.2) is 0 Å². The first-order valence-electron chi connectivity index (χ1n) is 8.99. The summed E-state index contributed by atoms with van der Waals surface area (Å²) < 4.78 is 5.67. The largest absolute Gasteiger partial charge is 0.461 e. The summed E-state index contributed by atoms with van der Waals surface area (Å²) in [6.45, 7) is 1.33. The molecule has 26 heavy (non-hydrogen) atoms. The maximum Gasteiger partial charge on any atom is 0.338 e. The van der Waals surface area contributed by atoms with Crippen molar-refractivity contribution in [3.8, 4) is 0 Å². The van der Waals surface area contributed by atoms with Crippen molar-refractivity contribution in [2.24, 2.45) is 0 Å². The predicted octanol–water partition coefficient (Wildman–Crippen LogP) is 4.73. The average Bonchev–Trinajstić information content (AvgIpc) is 2.68. The van der Waals surface area contributed by atoms with Gasteiger partial charge < -0.3 is 9.64 Å². The number of ether oxygens (including phenoxy) is 1. The molecular formula is C23H25NO2. The van der Waals surface area contributed by atoms with Crippen LogP contribution in [-0.4, -0.2) is 38.1 Å². The van der Waals surface area contributed by atoms with Crippen molar-refractivity contribution in [2.75, 3.05) is 27.2 Å². The molecule has 0 bridgehead atoms. The zero-order valence-corrected chi connectivity index (χ0v) is 15.4. The molecule has 0 N–H and O–H groups in total. The Morgan fingerprint density at radius 1 is 0.923 bits per heavy atom. The summed E-state index contributed by atoms with van der Waals surface area (Å²) in [6, 6.07) is 23.9. The quantitative estimate of drug-likeness (QED) is 0.579. The Morgan fingerprint density at radius 2 is 1.62 bits per heavy atom. The van der Waals surface area contributed by atoms with E-state index in [1.54, 1.807) is 12.1 Å². The van der Waals surface area contributed by atoms with Gasteiger partial charge in [0.05, 0.1) is 12.2 Å². The number of nitrogens with zero attached hydrogens (tertiary/aromatic N) is 1. The van der Waals surface area contributed by atoms with E-state index < -0.39 is 0 Å². The topological polar surface area (TPSA) is 29.5 Å². The molecule has 134 valence electrons. The zero-order valence-electron chi connectivity index (χ0n) is 15.4. The third-order valence-corrected chi connectivity index (χ3v) is 4.61. The SMILES string of the molecule is CN(C)CCC(COC(=O)c1ccccc1)c1cccc2ccccc12. The summed E-state index contributed by atoms with van der Waals surface area (Å²) >= 11 is 0. The molecule has 3 rings (SSSR count). The van der Waals surface area contributed by atoms with Crippen LogP contribution >= 0.6 is 0 Å². The summed E-state index contributed by atoms with van der Waals surface area (Å²) in [4.78, 5) is 14.5. The lowest BCUT2D eigenvalue weighted by molar-refractivity contribution is 0.0473. The Bertz CT molecular complexity index is 853. The fourth-order valence-electron chi connectivity index (χ4n) is 3.18. The normalized spacial score (nSPS) is 12.3. The number of rotatable bonds is 7. The van der Waals surface area contributed by atoms with Crippen LogP contribution in [-0.2, 0) is 4.74 Å². The lowest BCUT2D eigenvalue weighted by Crippen LogP contribution is -2.20. The first-order valence-corrected chi connectivity index (χ1v) is 8.99. The molecule has 3 aromatic rings. The molecule has 0 amide bonds. The number of carbonyl (C=O) groups is 1. The molecule has 1 unspecified atom stereocenters. The molecule has 3 nitrogen and oxygen atoms in total. The third kappa shape index (κ3) is 4.50. The Morgan fingerprint density at radius 3 is 2.38 bits per heavy atom. The van der Waals surface area contributed by atoms with Crippen LogP contribution in [0, 0.1) is 0 Å². The van der Waals surface area contributed by atoms with Crippen LogP contribution in [0.3, 0.4) is 0 Å². The maximum absolute atomic E-state index is 12.3. The minimum absolute atomic E-state index is 0.163. The maximum atomic E-state index is 12.3. The molecule has 0 radical (unpaired) electrons. The van der Waals surface area contributed by atoms with Gasteiger partial charge in [-0.05, 0) is 55.5 Å². The smallest absolute Gasteiger partial charge is 0.338 e. The van der Waals surface area contributed by atoms with Gasteiger partial charge in [-0.25, -0.2) is 4.79 Å². The molecular weight excluding hydrogens is 322 g/mol. The van der Waals surface area contributed by atoms with Gasteiger partial charge in [0.2, 0.25) is 0 Å². The van der Waals surface area contributed by atoms with Crippen molar-refractivity contribution in [1.82, 2.24) is 4.90 Å². The van der Waals surface area contributed by atoms with Crippen molar-refractivity contribution in [2.45, 2.75) is 12.3 Å². The van der Waals surface area contributed by atoms with Gasteiger partial charge in [-0.2, -0.15) is 0 Å². The highest BCUT2D eigenvalue weighted by atomic mass is 16.5. The van der Waals surface area contributed by atoms with Gasteiger partial charge in [-0.3, -0.25) is 0 Å². The number of hydrogen-bond donors (Lipinski definition) is 0. The molecule has 3 heteroatoms. The Kier molecular flexibility index (Phi) is 6.03. The van der Waals surface area contributed by atoms with Crippen molar-refractivity contribution in [1.29, 1.82) is 0 Å². The molecule has 0 fully saturated rings. The van der Waals surface area contributed by atoms with E-state index in [9.17, 15) is 4.79 Å². The molecule has 0 heterocycles. The Hall–Kier alpha value is -2.65. The summed E-state index contributed by atoms with van der Waals surface area (Å²) in [6.07, 6.45) is 0.934. The van der Waals surface area contributed by atoms with Crippen LogP contribution in [0.2, 0.25) is 0 Å². The van der Waals surface area contributed by atoms with Crippen molar-refractivity contribution < 1.29 is 9.53 Å². The monoisotopic (exact) mass is 347 g/mol. The molecule has 1 atom stereocenters. The van der Waals surface area contributed by atoms with E-state index in [2.05, 4.69) is 61.5 Å². The second kappa shape index (κ2) is 8.63. The van der Waals surface area contributed by atoms with Gasteiger partial charge in [0, 0.05) is 5.92 Å².